The number of amides is 1. The Hall–Kier alpha value is -3.46. The van der Waals surface area contributed by atoms with Crippen LogP contribution < -0.4 is 9.47 Å². The molecule has 0 radical (unpaired) electrons. The van der Waals surface area contributed by atoms with Crippen LogP contribution in [-0.4, -0.2) is 66.5 Å². The quantitative estimate of drug-likeness (QED) is 0.277. The van der Waals surface area contributed by atoms with Gasteiger partial charge in [-0.05, 0) is 79.1 Å². The van der Waals surface area contributed by atoms with Gasteiger partial charge in [0.2, 0.25) is 0 Å². The van der Waals surface area contributed by atoms with Gasteiger partial charge in [-0.3, -0.25) is 9.78 Å². The Kier molecular flexibility index (Phi) is 9.88. The van der Waals surface area contributed by atoms with Crippen molar-refractivity contribution in [1.82, 2.24) is 9.88 Å². The third-order valence-corrected chi connectivity index (χ3v) is 7.47. The number of aliphatic hydroxyl groups excluding tert-OH is 1. The number of hydrogen-bond acceptors (Lipinski definition) is 7. The fourth-order valence-electron chi connectivity index (χ4n) is 4.94. The second-order valence-electron chi connectivity index (χ2n) is 10.7. The van der Waals surface area contributed by atoms with E-state index in [0.717, 1.165) is 34.1 Å². The lowest BCUT2D eigenvalue weighted by Gasteiger charge is -2.39. The maximum absolute atomic E-state index is 13.1. The number of carbonyl (C=O) groups excluding carboxylic acids is 1. The minimum atomic E-state index is -0.677. The normalized spacial score (nSPS) is 15.8. The second-order valence-corrected chi connectivity index (χ2v) is 10.7. The molecule has 2 aromatic carbocycles. The van der Waals surface area contributed by atoms with Gasteiger partial charge in [0.1, 0.15) is 18.4 Å². The van der Waals surface area contributed by atoms with Crippen molar-refractivity contribution in [3.05, 3.63) is 88.7 Å². The maximum atomic E-state index is 13.1. The first kappa shape index (κ1) is 29.0. The summed E-state index contributed by atoms with van der Waals surface area (Å²) in [6, 6.07) is 18.4. The predicted molar refractivity (Wildman–Crippen MR) is 155 cm³/mol. The number of rotatable bonds is 15. The van der Waals surface area contributed by atoms with Crippen LogP contribution in [0.25, 0.3) is 0 Å². The van der Waals surface area contributed by atoms with Gasteiger partial charge >= 0.3 is 0 Å². The minimum Gasteiger partial charge on any atom is -0.490 e. The van der Waals surface area contributed by atoms with Gasteiger partial charge in [0.15, 0.2) is 11.5 Å². The highest BCUT2D eigenvalue weighted by molar-refractivity contribution is 5.93. The largest absolute Gasteiger partial charge is 0.490 e. The van der Waals surface area contributed by atoms with Crippen LogP contribution in [0.15, 0.2) is 60.8 Å². The molecule has 41 heavy (non-hydrogen) atoms. The summed E-state index contributed by atoms with van der Waals surface area (Å²) in [5.74, 6) is 2.32. The number of aliphatic hydroxyl groups is 1. The molecular weight excluding hydrogens is 520 g/mol. The smallest absolute Gasteiger partial charge is 0.272 e. The number of ether oxygens (including phenoxy) is 4. The lowest BCUT2D eigenvalue weighted by atomic mass is 9.91. The zero-order valence-electron chi connectivity index (χ0n) is 24.0. The van der Waals surface area contributed by atoms with Gasteiger partial charge in [-0.1, -0.05) is 30.3 Å². The molecule has 1 N–H and O–H groups in total. The summed E-state index contributed by atoms with van der Waals surface area (Å²) in [5.41, 5.74) is 4.91. The molecule has 0 bridgehead atoms. The van der Waals surface area contributed by atoms with Gasteiger partial charge < -0.3 is 29.0 Å². The number of likely N-dealkylation sites (tertiary alicyclic amines) is 1. The molecule has 1 aliphatic carbocycles. The molecule has 2 heterocycles. The molecule has 1 aromatic heterocycles. The standard InChI is InChI=1S/C33H40N2O6/c1-3-38-21-29(36)22-39-19-24-13-14-34-30(15-24)33(37)35-17-28(18-35)27-11-12-31(32(16-27)40-4-2)41-20-23-5-7-25(8-6-23)26-9-10-26/h5-8,11-16,26,28-29,36H,3-4,9-10,17-22H2,1-2H3. The highest BCUT2D eigenvalue weighted by Crippen LogP contribution is 2.40. The fourth-order valence-corrected chi connectivity index (χ4v) is 4.94. The Morgan fingerprint density at radius 3 is 2.34 bits per heavy atom. The lowest BCUT2D eigenvalue weighted by Crippen LogP contribution is -2.48. The monoisotopic (exact) mass is 560 g/mol. The Bertz CT molecular complexity index is 1290. The molecule has 8 heteroatoms. The molecular formula is C33H40N2O6. The van der Waals surface area contributed by atoms with Crippen molar-refractivity contribution >= 4 is 5.91 Å². The van der Waals surface area contributed by atoms with Crippen LogP contribution in [0, 0.1) is 0 Å². The average Bonchev–Trinajstić information content (AvgIpc) is 3.81. The summed E-state index contributed by atoms with van der Waals surface area (Å²) in [6.07, 6.45) is 3.54. The van der Waals surface area contributed by atoms with Crippen LogP contribution in [0.4, 0.5) is 0 Å². The van der Waals surface area contributed by atoms with E-state index in [0.29, 0.717) is 38.6 Å². The zero-order valence-corrected chi connectivity index (χ0v) is 24.0. The molecule has 1 saturated heterocycles. The Labute approximate surface area is 242 Å². The Morgan fingerprint density at radius 2 is 1.61 bits per heavy atom. The third-order valence-electron chi connectivity index (χ3n) is 7.47. The minimum absolute atomic E-state index is 0.0998. The summed E-state index contributed by atoms with van der Waals surface area (Å²) >= 11 is 0. The van der Waals surface area contributed by atoms with Gasteiger partial charge in [0.25, 0.3) is 5.91 Å². The van der Waals surface area contributed by atoms with Crippen molar-refractivity contribution in [2.75, 3.05) is 39.5 Å². The zero-order chi connectivity index (χ0) is 28.6. The molecule has 2 aliphatic rings. The number of carbonyl (C=O) groups is 1. The predicted octanol–water partition coefficient (Wildman–Crippen LogP) is 5.09. The average molecular weight is 561 g/mol. The lowest BCUT2D eigenvalue weighted by molar-refractivity contribution is -0.0208. The summed E-state index contributed by atoms with van der Waals surface area (Å²) < 4.78 is 22.8. The molecule has 5 rings (SSSR count). The van der Waals surface area contributed by atoms with Crippen LogP contribution in [0.1, 0.15) is 71.3 Å². The number of benzene rings is 2. The van der Waals surface area contributed by atoms with Crippen LogP contribution >= 0.6 is 0 Å². The second kappa shape index (κ2) is 13.9. The molecule has 3 aromatic rings. The van der Waals surface area contributed by atoms with Gasteiger partial charge in [0.05, 0.1) is 26.4 Å². The third kappa shape index (κ3) is 7.85. The van der Waals surface area contributed by atoms with E-state index < -0.39 is 6.10 Å². The molecule has 0 spiro atoms. The summed E-state index contributed by atoms with van der Waals surface area (Å²) in [7, 11) is 0. The first-order chi connectivity index (χ1) is 20.0. The summed E-state index contributed by atoms with van der Waals surface area (Å²) in [5, 5.41) is 9.86. The molecule has 1 saturated carbocycles. The number of aromatic nitrogens is 1. The van der Waals surface area contributed by atoms with E-state index in [1.165, 1.54) is 18.4 Å². The van der Waals surface area contributed by atoms with Crippen LogP contribution in [-0.2, 0) is 22.7 Å². The van der Waals surface area contributed by atoms with E-state index in [9.17, 15) is 9.90 Å². The topological polar surface area (TPSA) is 90.4 Å². The van der Waals surface area contributed by atoms with Crippen molar-refractivity contribution < 1.29 is 28.8 Å². The van der Waals surface area contributed by atoms with Crippen molar-refractivity contribution in [3.8, 4) is 11.5 Å². The van der Waals surface area contributed by atoms with Crippen LogP contribution in [0.5, 0.6) is 11.5 Å². The maximum Gasteiger partial charge on any atom is 0.272 e. The van der Waals surface area contributed by atoms with E-state index in [-0.39, 0.29) is 31.6 Å². The van der Waals surface area contributed by atoms with E-state index in [1.54, 1.807) is 17.2 Å². The van der Waals surface area contributed by atoms with E-state index in [4.69, 9.17) is 18.9 Å². The fraction of sp³-hybridized carbons (Fsp3) is 0.455. The number of pyridine rings is 1. The summed E-state index contributed by atoms with van der Waals surface area (Å²) in [4.78, 5) is 19.2. The van der Waals surface area contributed by atoms with Gasteiger partial charge in [0, 0.05) is 31.8 Å². The van der Waals surface area contributed by atoms with Crippen LogP contribution in [0.3, 0.4) is 0 Å². The van der Waals surface area contributed by atoms with Gasteiger partial charge in [-0.25, -0.2) is 0 Å². The van der Waals surface area contributed by atoms with Crippen molar-refractivity contribution in [3.63, 3.8) is 0 Å². The summed E-state index contributed by atoms with van der Waals surface area (Å²) in [6.45, 7) is 7.35. The molecule has 8 nitrogen and oxygen atoms in total. The van der Waals surface area contributed by atoms with E-state index >= 15 is 0 Å². The van der Waals surface area contributed by atoms with E-state index in [2.05, 4.69) is 35.3 Å². The van der Waals surface area contributed by atoms with Crippen LogP contribution in [0.2, 0.25) is 0 Å². The molecule has 218 valence electrons. The van der Waals surface area contributed by atoms with E-state index in [1.807, 2.05) is 32.0 Å². The van der Waals surface area contributed by atoms with Gasteiger partial charge in [-0.2, -0.15) is 0 Å². The highest BCUT2D eigenvalue weighted by Gasteiger charge is 2.33. The highest BCUT2D eigenvalue weighted by atomic mass is 16.5. The molecule has 1 atom stereocenters. The van der Waals surface area contributed by atoms with Crippen molar-refractivity contribution in [2.24, 2.45) is 0 Å². The van der Waals surface area contributed by atoms with Crippen molar-refractivity contribution in [1.29, 1.82) is 0 Å². The first-order valence-electron chi connectivity index (χ1n) is 14.6. The van der Waals surface area contributed by atoms with Gasteiger partial charge in [-0.15, -0.1) is 0 Å². The molecule has 1 aliphatic heterocycles. The number of hydrogen-bond donors (Lipinski definition) is 1. The Balaban J connectivity index is 1.13. The van der Waals surface area contributed by atoms with Crippen molar-refractivity contribution in [2.45, 2.75) is 57.8 Å². The Morgan fingerprint density at radius 1 is 0.854 bits per heavy atom. The molecule has 2 fully saturated rings. The number of nitrogens with zero attached hydrogens (tertiary/aromatic N) is 2. The molecule has 1 amide bonds. The SMILES string of the molecule is CCOCC(O)COCc1ccnc(C(=O)N2CC(c3ccc(OCc4ccc(C5CC5)cc4)c(OCC)c3)C2)c1. The first-order valence-corrected chi connectivity index (χ1v) is 14.6. The molecule has 1 unspecified atom stereocenters.